The van der Waals surface area contributed by atoms with E-state index < -0.39 is 0 Å². The fourth-order valence-electron chi connectivity index (χ4n) is 2.67. The molecule has 0 fully saturated rings. The van der Waals surface area contributed by atoms with Crippen molar-refractivity contribution in [2.75, 3.05) is 10.6 Å². The van der Waals surface area contributed by atoms with Crippen LogP contribution in [0.3, 0.4) is 0 Å². The normalized spacial score (nSPS) is 10.7. The molecular weight excluding hydrogens is 345 g/mol. The lowest BCUT2D eigenvalue weighted by atomic mass is 10.2. The average Bonchev–Trinajstić information content (AvgIpc) is 3.11. The van der Waals surface area contributed by atoms with E-state index in [1.165, 1.54) is 16.8 Å². The number of hydrogen-bond acceptors (Lipinski definition) is 4. The number of fused-ring (bicyclic) bond motifs is 1. The molecule has 0 atom stereocenters. The molecule has 4 rings (SSSR count). The van der Waals surface area contributed by atoms with Gasteiger partial charge in [-0.05, 0) is 24.3 Å². The Hall–Kier alpha value is -3.74. The number of carbonyl (C=O) groups is 1. The number of rotatable bonds is 5. The van der Waals surface area contributed by atoms with Gasteiger partial charge in [-0.1, -0.05) is 36.4 Å². The number of anilines is 2. The molecule has 2 heterocycles. The molecule has 6 nitrogen and oxygen atoms in total. The van der Waals surface area contributed by atoms with Gasteiger partial charge in [-0.15, -0.1) is 0 Å². The molecule has 7 heteroatoms. The van der Waals surface area contributed by atoms with Crippen LogP contribution in [0.1, 0.15) is 15.9 Å². The van der Waals surface area contributed by atoms with Crippen LogP contribution in [-0.2, 0) is 6.54 Å². The zero-order valence-corrected chi connectivity index (χ0v) is 14.3. The van der Waals surface area contributed by atoms with Gasteiger partial charge in [0.05, 0.1) is 6.20 Å². The van der Waals surface area contributed by atoms with Crippen molar-refractivity contribution in [2.24, 2.45) is 0 Å². The lowest BCUT2D eigenvalue weighted by Crippen LogP contribution is -2.12. The number of carbonyl (C=O) groups excluding carboxylic acids is 1. The van der Waals surface area contributed by atoms with E-state index in [0.29, 0.717) is 28.3 Å². The van der Waals surface area contributed by atoms with Gasteiger partial charge in [-0.3, -0.25) is 4.79 Å². The first-order valence-electron chi connectivity index (χ1n) is 8.39. The van der Waals surface area contributed by atoms with Crippen LogP contribution in [0, 0.1) is 5.82 Å². The molecule has 0 spiro atoms. The molecule has 2 aromatic carbocycles. The third kappa shape index (κ3) is 3.62. The molecule has 0 aliphatic rings. The monoisotopic (exact) mass is 361 g/mol. The van der Waals surface area contributed by atoms with E-state index in [-0.39, 0.29) is 18.3 Å². The van der Waals surface area contributed by atoms with E-state index in [2.05, 4.69) is 20.7 Å². The largest absolute Gasteiger partial charge is 0.366 e. The summed E-state index contributed by atoms with van der Waals surface area (Å²) < 4.78 is 15.3. The number of para-hydroxylation sites is 1. The van der Waals surface area contributed by atoms with Crippen LogP contribution < -0.4 is 10.6 Å². The highest BCUT2D eigenvalue weighted by molar-refractivity contribution is 6.08. The van der Waals surface area contributed by atoms with Crippen molar-refractivity contribution in [3.63, 3.8) is 0 Å². The second kappa shape index (κ2) is 7.25. The number of nitrogens with one attached hydrogen (secondary N) is 2. The molecule has 2 N–H and O–H groups in total. The zero-order valence-electron chi connectivity index (χ0n) is 14.3. The van der Waals surface area contributed by atoms with Crippen LogP contribution in [0.25, 0.3) is 5.65 Å². The molecule has 1 amide bonds. The molecular formula is C20H16FN5O. The van der Waals surface area contributed by atoms with Gasteiger partial charge >= 0.3 is 0 Å². The Morgan fingerprint density at radius 3 is 2.63 bits per heavy atom. The van der Waals surface area contributed by atoms with Gasteiger partial charge in [0.1, 0.15) is 17.2 Å². The van der Waals surface area contributed by atoms with Gasteiger partial charge in [0.25, 0.3) is 5.91 Å². The molecule has 0 aliphatic carbocycles. The summed E-state index contributed by atoms with van der Waals surface area (Å²) in [6, 6.07) is 17.4. The summed E-state index contributed by atoms with van der Waals surface area (Å²) in [5, 5.41) is 10.1. The Labute approximate surface area is 154 Å². The van der Waals surface area contributed by atoms with Crippen LogP contribution in [-0.4, -0.2) is 20.5 Å². The van der Waals surface area contributed by atoms with Gasteiger partial charge < -0.3 is 10.6 Å². The summed E-state index contributed by atoms with van der Waals surface area (Å²) in [7, 11) is 0. The first-order chi connectivity index (χ1) is 13.2. The molecule has 0 saturated heterocycles. The maximum atomic E-state index is 13.7. The second-order valence-corrected chi connectivity index (χ2v) is 5.90. The molecule has 0 radical (unpaired) electrons. The highest BCUT2D eigenvalue weighted by atomic mass is 19.1. The smallest absolute Gasteiger partial charge is 0.261 e. The second-order valence-electron chi connectivity index (χ2n) is 5.90. The quantitative estimate of drug-likeness (QED) is 0.568. The maximum Gasteiger partial charge on any atom is 0.261 e. The Kier molecular flexibility index (Phi) is 4.49. The number of hydrogen-bond donors (Lipinski definition) is 2. The number of aromatic nitrogens is 3. The number of nitrogens with zero attached hydrogens (tertiary/aromatic N) is 3. The van der Waals surface area contributed by atoms with Crippen LogP contribution >= 0.6 is 0 Å². The van der Waals surface area contributed by atoms with Crippen molar-refractivity contribution in [3.8, 4) is 0 Å². The molecule has 27 heavy (non-hydrogen) atoms. The molecule has 0 aliphatic heterocycles. The standard InChI is InChI=1S/C20H16FN5O/c21-17-9-5-4-6-14(17)12-22-18-10-11-26-19(25-18)16(13-23-26)20(27)24-15-7-2-1-3-8-15/h1-11,13H,12H2,(H,22,25)(H,24,27). The zero-order chi connectivity index (χ0) is 18.6. The van der Waals surface area contributed by atoms with Crippen molar-refractivity contribution in [1.82, 2.24) is 14.6 Å². The fourth-order valence-corrected chi connectivity index (χ4v) is 2.67. The highest BCUT2D eigenvalue weighted by Crippen LogP contribution is 2.15. The van der Waals surface area contributed by atoms with E-state index in [4.69, 9.17) is 0 Å². The molecule has 2 aromatic heterocycles. The first kappa shape index (κ1) is 16.7. The lowest BCUT2D eigenvalue weighted by Gasteiger charge is -2.07. The topological polar surface area (TPSA) is 71.3 Å². The fraction of sp³-hybridized carbons (Fsp3) is 0.0500. The van der Waals surface area contributed by atoms with Gasteiger partial charge in [-0.25, -0.2) is 13.9 Å². The molecule has 0 unspecified atom stereocenters. The Morgan fingerprint density at radius 1 is 1.04 bits per heavy atom. The van der Waals surface area contributed by atoms with Crippen molar-refractivity contribution in [2.45, 2.75) is 6.54 Å². The first-order valence-corrected chi connectivity index (χ1v) is 8.39. The van der Waals surface area contributed by atoms with Crippen molar-refractivity contribution < 1.29 is 9.18 Å². The predicted molar refractivity (Wildman–Crippen MR) is 101 cm³/mol. The van der Waals surface area contributed by atoms with Crippen LogP contribution in [0.15, 0.2) is 73.1 Å². The van der Waals surface area contributed by atoms with E-state index in [0.717, 1.165) is 0 Å². The van der Waals surface area contributed by atoms with Crippen molar-refractivity contribution in [3.05, 3.63) is 90.0 Å². The summed E-state index contributed by atoms with van der Waals surface area (Å²) in [4.78, 5) is 17.0. The van der Waals surface area contributed by atoms with E-state index in [1.54, 1.807) is 42.6 Å². The van der Waals surface area contributed by atoms with Crippen LogP contribution in [0.2, 0.25) is 0 Å². The minimum Gasteiger partial charge on any atom is -0.366 e. The summed E-state index contributed by atoms with van der Waals surface area (Å²) in [6.45, 7) is 0.287. The van der Waals surface area contributed by atoms with Crippen molar-refractivity contribution >= 4 is 23.1 Å². The van der Waals surface area contributed by atoms with Crippen LogP contribution in [0.5, 0.6) is 0 Å². The Balaban J connectivity index is 1.56. The highest BCUT2D eigenvalue weighted by Gasteiger charge is 2.15. The lowest BCUT2D eigenvalue weighted by molar-refractivity contribution is 0.102. The third-order valence-electron chi connectivity index (χ3n) is 4.06. The molecule has 134 valence electrons. The Bertz CT molecular complexity index is 1090. The number of amides is 1. The van der Waals surface area contributed by atoms with E-state index in [9.17, 15) is 9.18 Å². The summed E-state index contributed by atoms with van der Waals surface area (Å²) >= 11 is 0. The van der Waals surface area contributed by atoms with E-state index >= 15 is 0 Å². The maximum absolute atomic E-state index is 13.7. The predicted octanol–water partition coefficient (Wildman–Crippen LogP) is 3.73. The van der Waals surface area contributed by atoms with Gasteiger partial charge in [0.2, 0.25) is 0 Å². The SMILES string of the molecule is O=C(Nc1ccccc1)c1cnn2ccc(NCc3ccccc3F)nc12. The number of halogens is 1. The van der Waals surface area contributed by atoms with Crippen LogP contribution in [0.4, 0.5) is 15.9 Å². The minimum absolute atomic E-state index is 0.279. The third-order valence-corrected chi connectivity index (χ3v) is 4.06. The molecule has 0 bridgehead atoms. The van der Waals surface area contributed by atoms with Crippen molar-refractivity contribution in [1.29, 1.82) is 0 Å². The van der Waals surface area contributed by atoms with Gasteiger partial charge in [0.15, 0.2) is 5.65 Å². The summed E-state index contributed by atoms with van der Waals surface area (Å²) in [6.07, 6.45) is 3.17. The average molecular weight is 361 g/mol. The van der Waals surface area contributed by atoms with Gasteiger partial charge in [-0.2, -0.15) is 5.10 Å². The van der Waals surface area contributed by atoms with Gasteiger partial charge in [0, 0.05) is 24.0 Å². The summed E-state index contributed by atoms with van der Waals surface area (Å²) in [5.74, 6) is -0.0478. The Morgan fingerprint density at radius 2 is 1.81 bits per heavy atom. The minimum atomic E-state index is -0.296. The number of benzene rings is 2. The molecule has 0 saturated carbocycles. The molecule has 4 aromatic rings. The summed E-state index contributed by atoms with van der Waals surface area (Å²) in [5.41, 5.74) is 2.00. The van der Waals surface area contributed by atoms with E-state index in [1.807, 2.05) is 18.2 Å².